The largest absolute Gasteiger partial charge is 0.488 e. The van der Waals surface area contributed by atoms with Crippen LogP contribution in [0.25, 0.3) is 0 Å². The summed E-state index contributed by atoms with van der Waals surface area (Å²) in [6, 6.07) is 6.61. The van der Waals surface area contributed by atoms with Gasteiger partial charge in [-0.2, -0.15) is 0 Å². The molecule has 134 valence electrons. The summed E-state index contributed by atoms with van der Waals surface area (Å²) in [4.78, 5) is 11.8. The molecule has 0 spiro atoms. The second-order valence-corrected chi connectivity index (χ2v) is 4.90. The van der Waals surface area contributed by atoms with E-state index in [4.69, 9.17) is 14.2 Å². The lowest BCUT2D eigenvalue weighted by molar-refractivity contribution is -0.118. The molecule has 2 aromatic rings. The normalized spacial score (nSPS) is 10.4. The second-order valence-electron chi connectivity index (χ2n) is 4.90. The molecule has 0 bridgehead atoms. The van der Waals surface area contributed by atoms with Gasteiger partial charge in [0.1, 0.15) is 12.4 Å². The molecule has 2 aromatic carbocycles. The van der Waals surface area contributed by atoms with Crippen LogP contribution < -0.4 is 14.8 Å². The molecule has 1 N–H and O–H groups in total. The van der Waals surface area contributed by atoms with Gasteiger partial charge in [0.15, 0.2) is 29.7 Å². The highest BCUT2D eigenvalue weighted by Gasteiger charge is 2.10. The van der Waals surface area contributed by atoms with Gasteiger partial charge in [-0.3, -0.25) is 4.79 Å². The van der Waals surface area contributed by atoms with E-state index in [9.17, 15) is 18.0 Å². The van der Waals surface area contributed by atoms with Crippen molar-refractivity contribution in [2.75, 3.05) is 32.2 Å². The first-order valence-electron chi connectivity index (χ1n) is 7.28. The number of rotatable bonds is 8. The Morgan fingerprint density at radius 1 is 0.960 bits per heavy atom. The molecule has 5 nitrogen and oxygen atoms in total. The summed E-state index contributed by atoms with van der Waals surface area (Å²) in [5, 5.41) is 2.40. The first-order chi connectivity index (χ1) is 12.0. The Bertz CT molecular complexity index is 740. The van der Waals surface area contributed by atoms with Crippen LogP contribution in [0.5, 0.6) is 11.5 Å². The first-order valence-corrected chi connectivity index (χ1v) is 7.28. The molecule has 0 atom stereocenters. The zero-order valence-electron chi connectivity index (χ0n) is 13.4. The summed E-state index contributed by atoms with van der Waals surface area (Å²) < 4.78 is 54.9. The third-order valence-corrected chi connectivity index (χ3v) is 3.01. The van der Waals surface area contributed by atoms with Gasteiger partial charge in [0.05, 0.1) is 6.61 Å². The highest BCUT2D eigenvalue weighted by atomic mass is 19.1. The van der Waals surface area contributed by atoms with Gasteiger partial charge in [-0.15, -0.1) is 0 Å². The van der Waals surface area contributed by atoms with Crippen LogP contribution in [0.2, 0.25) is 0 Å². The van der Waals surface area contributed by atoms with Crippen LogP contribution >= 0.6 is 0 Å². The van der Waals surface area contributed by atoms with Crippen molar-refractivity contribution in [1.29, 1.82) is 0 Å². The summed E-state index contributed by atoms with van der Waals surface area (Å²) in [5.74, 6) is -3.19. The van der Waals surface area contributed by atoms with E-state index < -0.39 is 30.0 Å². The number of hydrogen-bond donors (Lipinski definition) is 1. The Morgan fingerprint density at radius 2 is 1.64 bits per heavy atom. The molecular weight excluding hydrogens is 339 g/mol. The lowest BCUT2D eigenvalue weighted by Gasteiger charge is -2.10. The third-order valence-electron chi connectivity index (χ3n) is 3.01. The molecule has 0 fully saturated rings. The number of carbonyl (C=O) groups is 1. The number of nitrogens with one attached hydrogen (secondary N) is 1. The fraction of sp³-hybridized carbons (Fsp3) is 0.235. The Labute approximate surface area is 142 Å². The minimum absolute atomic E-state index is 0.0275. The van der Waals surface area contributed by atoms with Crippen molar-refractivity contribution >= 4 is 11.6 Å². The molecule has 0 saturated heterocycles. The number of hydrogen-bond acceptors (Lipinski definition) is 4. The number of halogens is 3. The predicted molar refractivity (Wildman–Crippen MR) is 84.3 cm³/mol. The summed E-state index contributed by atoms with van der Waals surface area (Å²) in [6.45, 7) is -0.0122. The number of anilines is 1. The summed E-state index contributed by atoms with van der Waals surface area (Å²) >= 11 is 0. The van der Waals surface area contributed by atoms with Gasteiger partial charge in [0.2, 0.25) is 0 Å². The molecule has 8 heteroatoms. The van der Waals surface area contributed by atoms with Crippen LogP contribution in [0.1, 0.15) is 0 Å². The van der Waals surface area contributed by atoms with E-state index in [1.54, 1.807) is 0 Å². The van der Waals surface area contributed by atoms with Crippen LogP contribution in [0.4, 0.5) is 18.9 Å². The average Bonchev–Trinajstić information content (AvgIpc) is 2.56. The molecule has 0 aliphatic rings. The molecule has 0 aliphatic heterocycles. The fourth-order valence-electron chi connectivity index (χ4n) is 1.86. The molecule has 0 aromatic heterocycles. The summed E-state index contributed by atoms with van der Waals surface area (Å²) in [6.07, 6.45) is 0. The lowest BCUT2D eigenvalue weighted by atomic mass is 10.3. The topological polar surface area (TPSA) is 56.8 Å². The maximum absolute atomic E-state index is 13.8. The standard InChI is InChI=1S/C17H16F3NO4/c1-23-6-7-24-15-5-3-12(9-14(15)20)21-17(22)10-25-16-4-2-11(18)8-13(16)19/h2-5,8-9H,6-7,10H2,1H3,(H,21,22). The third kappa shape index (κ3) is 5.68. The quantitative estimate of drug-likeness (QED) is 0.739. The summed E-state index contributed by atoms with van der Waals surface area (Å²) in [5.41, 5.74) is 0.185. The van der Waals surface area contributed by atoms with Crippen molar-refractivity contribution < 1.29 is 32.2 Å². The molecule has 0 aliphatic carbocycles. The van der Waals surface area contributed by atoms with Crippen molar-refractivity contribution in [2.45, 2.75) is 0 Å². The van der Waals surface area contributed by atoms with Crippen molar-refractivity contribution in [1.82, 2.24) is 0 Å². The Morgan fingerprint density at radius 3 is 2.32 bits per heavy atom. The van der Waals surface area contributed by atoms with Gasteiger partial charge in [0, 0.05) is 24.9 Å². The van der Waals surface area contributed by atoms with Gasteiger partial charge in [-0.25, -0.2) is 13.2 Å². The molecule has 25 heavy (non-hydrogen) atoms. The van der Waals surface area contributed by atoms with Crippen molar-refractivity contribution in [3.63, 3.8) is 0 Å². The Balaban J connectivity index is 1.88. The molecular formula is C17H16F3NO4. The molecule has 0 unspecified atom stereocenters. The van der Waals surface area contributed by atoms with E-state index in [0.717, 1.165) is 18.2 Å². The zero-order chi connectivity index (χ0) is 18.2. The molecule has 0 saturated carbocycles. The molecule has 0 heterocycles. The van der Waals surface area contributed by atoms with E-state index in [0.29, 0.717) is 12.7 Å². The van der Waals surface area contributed by atoms with E-state index in [1.807, 2.05) is 0 Å². The van der Waals surface area contributed by atoms with E-state index in [-0.39, 0.29) is 23.8 Å². The molecule has 0 radical (unpaired) electrons. The number of benzene rings is 2. The lowest BCUT2D eigenvalue weighted by Crippen LogP contribution is -2.20. The zero-order valence-corrected chi connectivity index (χ0v) is 13.4. The molecule has 2 rings (SSSR count). The second kappa shape index (κ2) is 8.93. The number of ether oxygens (including phenoxy) is 3. The Kier molecular flexibility index (Phi) is 6.64. The van der Waals surface area contributed by atoms with Crippen LogP contribution in [0, 0.1) is 17.5 Å². The maximum Gasteiger partial charge on any atom is 0.262 e. The number of methoxy groups -OCH3 is 1. The predicted octanol–water partition coefficient (Wildman–Crippen LogP) is 3.15. The highest BCUT2D eigenvalue weighted by Crippen LogP contribution is 2.21. The van der Waals surface area contributed by atoms with Gasteiger partial charge in [-0.1, -0.05) is 0 Å². The van der Waals surface area contributed by atoms with Crippen LogP contribution in [-0.2, 0) is 9.53 Å². The fourth-order valence-corrected chi connectivity index (χ4v) is 1.86. The van der Waals surface area contributed by atoms with E-state index in [1.165, 1.54) is 19.2 Å². The number of carbonyl (C=O) groups excluding carboxylic acids is 1. The SMILES string of the molecule is COCCOc1ccc(NC(=O)COc2ccc(F)cc2F)cc1F. The van der Waals surface area contributed by atoms with Gasteiger partial charge in [0.25, 0.3) is 5.91 Å². The first kappa shape index (κ1) is 18.6. The van der Waals surface area contributed by atoms with Crippen LogP contribution in [0.3, 0.4) is 0 Å². The van der Waals surface area contributed by atoms with Crippen molar-refractivity contribution in [3.8, 4) is 11.5 Å². The molecule has 1 amide bonds. The number of amides is 1. The van der Waals surface area contributed by atoms with E-state index in [2.05, 4.69) is 5.32 Å². The monoisotopic (exact) mass is 355 g/mol. The minimum Gasteiger partial charge on any atom is -0.488 e. The van der Waals surface area contributed by atoms with Gasteiger partial charge >= 0.3 is 0 Å². The van der Waals surface area contributed by atoms with Gasteiger partial charge < -0.3 is 19.5 Å². The minimum atomic E-state index is -0.920. The van der Waals surface area contributed by atoms with Gasteiger partial charge in [-0.05, 0) is 24.3 Å². The average molecular weight is 355 g/mol. The van der Waals surface area contributed by atoms with Crippen molar-refractivity contribution in [3.05, 3.63) is 53.8 Å². The summed E-state index contributed by atoms with van der Waals surface area (Å²) in [7, 11) is 1.50. The highest BCUT2D eigenvalue weighted by molar-refractivity contribution is 5.91. The maximum atomic E-state index is 13.8. The van der Waals surface area contributed by atoms with Crippen LogP contribution in [0.15, 0.2) is 36.4 Å². The van der Waals surface area contributed by atoms with E-state index >= 15 is 0 Å². The Hall–Kier alpha value is -2.74. The smallest absolute Gasteiger partial charge is 0.262 e. The van der Waals surface area contributed by atoms with Crippen molar-refractivity contribution in [2.24, 2.45) is 0 Å². The van der Waals surface area contributed by atoms with Crippen LogP contribution in [-0.4, -0.2) is 32.8 Å².